The van der Waals surface area contributed by atoms with Crippen molar-refractivity contribution in [2.75, 3.05) is 6.61 Å². The number of carbonyl (C=O) groups is 1. The van der Waals surface area contributed by atoms with Crippen LogP contribution in [0.2, 0.25) is 0 Å². The van der Waals surface area contributed by atoms with Gasteiger partial charge in [0, 0.05) is 30.7 Å². The molecule has 1 aliphatic rings. The highest BCUT2D eigenvalue weighted by Gasteiger charge is 2.30. The van der Waals surface area contributed by atoms with E-state index >= 15 is 0 Å². The third-order valence-corrected chi connectivity index (χ3v) is 3.96. The first-order chi connectivity index (χ1) is 11.5. The smallest absolute Gasteiger partial charge is 0.330 e. The Morgan fingerprint density at radius 3 is 2.88 bits per heavy atom. The Balaban J connectivity index is 2.02. The second-order valence-electron chi connectivity index (χ2n) is 5.79. The van der Waals surface area contributed by atoms with Crippen molar-refractivity contribution in [1.29, 1.82) is 0 Å². The molecule has 0 spiro atoms. The second kappa shape index (κ2) is 6.45. The van der Waals surface area contributed by atoms with Crippen molar-refractivity contribution >= 4 is 5.97 Å². The zero-order valence-electron chi connectivity index (χ0n) is 13.4. The van der Waals surface area contributed by atoms with Crippen LogP contribution in [-0.2, 0) is 20.7 Å². The second-order valence-corrected chi connectivity index (χ2v) is 5.79. The van der Waals surface area contributed by atoms with Gasteiger partial charge in [-0.2, -0.15) is 0 Å². The molecule has 0 saturated heterocycles. The SMILES string of the molecule is CC(=O)OC[C@H]1Cc2ccccc2[C@@H](n2cc(C)c(=O)[nH]c2=O)O1. The number of H-pyrrole nitrogens is 1. The predicted octanol–water partition coefficient (Wildman–Crippen LogP) is 0.896. The molecule has 7 nitrogen and oxygen atoms in total. The summed E-state index contributed by atoms with van der Waals surface area (Å²) in [5.41, 5.74) is 1.32. The Kier molecular flexibility index (Phi) is 4.35. The fraction of sp³-hybridized carbons (Fsp3) is 0.353. The number of rotatable bonds is 3. The Hall–Kier alpha value is -2.67. The standard InChI is InChI=1S/C17H18N2O5/c1-10-8-19(17(22)18-15(10)21)16-14-6-4-3-5-12(14)7-13(24-16)9-23-11(2)20/h3-6,8,13,16H,7,9H2,1-2H3,(H,18,21,22)/t13-,16+/m1/s1. The molecule has 0 fully saturated rings. The summed E-state index contributed by atoms with van der Waals surface area (Å²) in [6.07, 6.45) is 1.01. The van der Waals surface area contributed by atoms with E-state index in [1.165, 1.54) is 17.7 Å². The van der Waals surface area contributed by atoms with E-state index in [0.717, 1.165) is 11.1 Å². The van der Waals surface area contributed by atoms with Crippen molar-refractivity contribution < 1.29 is 14.3 Å². The molecule has 1 N–H and O–H groups in total. The number of hydrogen-bond acceptors (Lipinski definition) is 5. The Bertz CT molecular complexity index is 883. The molecule has 2 atom stereocenters. The average Bonchev–Trinajstić information content (AvgIpc) is 2.55. The van der Waals surface area contributed by atoms with E-state index in [0.29, 0.717) is 12.0 Å². The maximum atomic E-state index is 12.2. The van der Waals surface area contributed by atoms with Gasteiger partial charge in [0.2, 0.25) is 0 Å². The minimum atomic E-state index is -0.682. The van der Waals surface area contributed by atoms with E-state index in [1.807, 2.05) is 24.3 Å². The molecule has 2 heterocycles. The molecule has 0 amide bonds. The van der Waals surface area contributed by atoms with Gasteiger partial charge in [0.15, 0.2) is 6.23 Å². The lowest BCUT2D eigenvalue weighted by molar-refractivity contribution is -0.148. The van der Waals surface area contributed by atoms with Crippen LogP contribution in [0.4, 0.5) is 0 Å². The number of benzene rings is 1. The van der Waals surface area contributed by atoms with Crippen molar-refractivity contribution in [3.63, 3.8) is 0 Å². The molecule has 1 aromatic heterocycles. The number of aromatic nitrogens is 2. The zero-order chi connectivity index (χ0) is 17.3. The van der Waals surface area contributed by atoms with Crippen LogP contribution >= 0.6 is 0 Å². The highest BCUT2D eigenvalue weighted by atomic mass is 16.6. The van der Waals surface area contributed by atoms with E-state index in [4.69, 9.17) is 9.47 Å². The predicted molar refractivity (Wildman–Crippen MR) is 85.9 cm³/mol. The highest BCUT2D eigenvalue weighted by Crippen LogP contribution is 2.30. The monoisotopic (exact) mass is 330 g/mol. The van der Waals surface area contributed by atoms with Crippen LogP contribution in [0.25, 0.3) is 0 Å². The molecule has 0 unspecified atom stereocenters. The number of carbonyl (C=O) groups excluding carboxylic acids is 1. The minimum Gasteiger partial charge on any atom is -0.463 e. The molecule has 0 radical (unpaired) electrons. The van der Waals surface area contributed by atoms with E-state index in [9.17, 15) is 14.4 Å². The zero-order valence-corrected chi connectivity index (χ0v) is 13.4. The molecule has 0 saturated carbocycles. The third kappa shape index (κ3) is 3.16. The van der Waals surface area contributed by atoms with Gasteiger partial charge in [-0.15, -0.1) is 0 Å². The van der Waals surface area contributed by atoms with Gasteiger partial charge >= 0.3 is 11.7 Å². The molecule has 126 valence electrons. The number of ether oxygens (including phenoxy) is 2. The number of fused-ring (bicyclic) bond motifs is 1. The van der Waals surface area contributed by atoms with Gasteiger partial charge < -0.3 is 9.47 Å². The maximum Gasteiger partial charge on any atom is 0.330 e. The molecule has 0 aliphatic carbocycles. The topological polar surface area (TPSA) is 90.4 Å². The van der Waals surface area contributed by atoms with Gasteiger partial charge in [-0.3, -0.25) is 19.1 Å². The number of esters is 1. The number of nitrogens with one attached hydrogen (secondary N) is 1. The van der Waals surface area contributed by atoms with Crippen LogP contribution in [0.5, 0.6) is 0 Å². The summed E-state index contributed by atoms with van der Waals surface area (Å²) < 4.78 is 12.4. The fourth-order valence-corrected chi connectivity index (χ4v) is 2.79. The van der Waals surface area contributed by atoms with E-state index in [2.05, 4.69) is 4.98 Å². The van der Waals surface area contributed by atoms with Crippen LogP contribution in [0, 0.1) is 6.92 Å². The van der Waals surface area contributed by atoms with E-state index in [-0.39, 0.29) is 18.7 Å². The average molecular weight is 330 g/mol. The van der Waals surface area contributed by atoms with Crippen LogP contribution in [0.1, 0.15) is 29.8 Å². The van der Waals surface area contributed by atoms with Crippen LogP contribution in [-0.4, -0.2) is 28.2 Å². The largest absolute Gasteiger partial charge is 0.463 e. The van der Waals surface area contributed by atoms with Crippen molar-refractivity contribution in [3.05, 3.63) is 68.0 Å². The summed E-state index contributed by atoms with van der Waals surface area (Å²) >= 11 is 0. The Morgan fingerprint density at radius 1 is 1.38 bits per heavy atom. The molecule has 2 aromatic rings. The lowest BCUT2D eigenvalue weighted by atomic mass is 9.97. The molecule has 1 aromatic carbocycles. The van der Waals surface area contributed by atoms with Crippen molar-refractivity contribution in [2.45, 2.75) is 32.6 Å². The quantitative estimate of drug-likeness (QED) is 0.844. The number of nitrogens with zero attached hydrogens (tertiary/aromatic N) is 1. The van der Waals surface area contributed by atoms with E-state index < -0.39 is 17.5 Å². The molecule has 0 bridgehead atoms. The van der Waals surface area contributed by atoms with Gasteiger partial charge in [0.05, 0.1) is 6.10 Å². The molecular weight excluding hydrogens is 312 g/mol. The van der Waals surface area contributed by atoms with Gasteiger partial charge in [0.25, 0.3) is 5.56 Å². The fourth-order valence-electron chi connectivity index (χ4n) is 2.79. The van der Waals surface area contributed by atoms with Gasteiger partial charge in [-0.1, -0.05) is 24.3 Å². The van der Waals surface area contributed by atoms with Crippen molar-refractivity contribution in [1.82, 2.24) is 9.55 Å². The summed E-state index contributed by atoms with van der Waals surface area (Å²) in [5.74, 6) is -0.383. The summed E-state index contributed by atoms with van der Waals surface area (Å²) in [6.45, 7) is 3.07. The third-order valence-electron chi connectivity index (χ3n) is 3.96. The maximum absolute atomic E-state index is 12.2. The highest BCUT2D eigenvalue weighted by molar-refractivity contribution is 5.65. The van der Waals surface area contributed by atoms with Crippen LogP contribution in [0.15, 0.2) is 40.1 Å². The Morgan fingerprint density at radius 2 is 2.12 bits per heavy atom. The summed E-state index contributed by atoms with van der Waals surface area (Å²) in [4.78, 5) is 37.1. The lowest BCUT2D eigenvalue weighted by Crippen LogP contribution is -2.40. The minimum absolute atomic E-state index is 0.108. The van der Waals surface area contributed by atoms with Gasteiger partial charge in [-0.25, -0.2) is 4.79 Å². The molecular formula is C17H18N2O5. The number of aryl methyl sites for hydroxylation is 1. The van der Waals surface area contributed by atoms with Gasteiger partial charge in [0.1, 0.15) is 6.61 Å². The Labute approximate surface area is 137 Å². The number of hydrogen-bond donors (Lipinski definition) is 1. The molecule has 7 heteroatoms. The van der Waals surface area contributed by atoms with Gasteiger partial charge in [-0.05, 0) is 12.5 Å². The lowest BCUT2D eigenvalue weighted by Gasteiger charge is -2.32. The summed E-state index contributed by atoms with van der Waals surface area (Å²) in [7, 11) is 0. The van der Waals surface area contributed by atoms with Crippen molar-refractivity contribution in [2.24, 2.45) is 0 Å². The first-order valence-corrected chi connectivity index (χ1v) is 7.64. The molecule has 1 aliphatic heterocycles. The van der Waals surface area contributed by atoms with E-state index in [1.54, 1.807) is 6.92 Å². The van der Waals surface area contributed by atoms with Crippen LogP contribution in [0.3, 0.4) is 0 Å². The first-order valence-electron chi connectivity index (χ1n) is 7.64. The van der Waals surface area contributed by atoms with Crippen LogP contribution < -0.4 is 11.2 Å². The normalized spacial score (nSPS) is 19.6. The summed E-state index contributed by atoms with van der Waals surface area (Å²) in [6, 6.07) is 7.61. The number of aromatic amines is 1. The molecule has 24 heavy (non-hydrogen) atoms. The summed E-state index contributed by atoms with van der Waals surface area (Å²) in [5, 5.41) is 0. The first kappa shape index (κ1) is 16.2. The van der Waals surface area contributed by atoms with Crippen molar-refractivity contribution in [3.8, 4) is 0 Å². The molecule has 3 rings (SSSR count).